The van der Waals surface area contributed by atoms with Crippen LogP contribution in [-0.4, -0.2) is 10.5 Å². The zero-order chi connectivity index (χ0) is 28.4. The summed E-state index contributed by atoms with van der Waals surface area (Å²) in [4.78, 5) is 24.5. The Hall–Kier alpha value is -2.03. The number of hydrogen-bond acceptors (Lipinski definition) is 4. The third kappa shape index (κ3) is 11.8. The zero-order valence-electron chi connectivity index (χ0n) is 20.3. The van der Waals surface area contributed by atoms with Crippen LogP contribution < -0.4 is 10.6 Å². The number of amides is 2. The van der Waals surface area contributed by atoms with Crippen LogP contribution in [0.25, 0.3) is 0 Å². The van der Waals surface area contributed by atoms with Crippen LogP contribution in [0, 0.1) is 6.92 Å². The summed E-state index contributed by atoms with van der Waals surface area (Å²) < 4.78 is 0. The quantitative estimate of drug-likeness (QED) is 0.207. The first-order valence-electron chi connectivity index (χ1n) is 11.2. The lowest BCUT2D eigenvalue weighted by molar-refractivity contribution is 0.269. The fourth-order valence-corrected chi connectivity index (χ4v) is 5.24. The number of carbonyl (C=O) groups excluding carboxylic acids is 2. The molecule has 4 nitrogen and oxygen atoms in total. The van der Waals surface area contributed by atoms with Crippen LogP contribution >= 0.6 is 81.5 Å². The van der Waals surface area contributed by atoms with E-state index in [4.69, 9.17) is 58.0 Å². The molecular weight excluding hydrogens is 650 g/mol. The Morgan fingerprint density at radius 3 is 1.73 bits per heavy atom. The van der Waals surface area contributed by atoms with Crippen molar-refractivity contribution in [3.8, 4) is 0 Å². The molecule has 0 fully saturated rings. The van der Waals surface area contributed by atoms with Crippen LogP contribution in [0.2, 0.25) is 25.1 Å². The Labute approximate surface area is 268 Å². The highest BCUT2D eigenvalue weighted by atomic mass is 35.5. The number of halogens is 5. The second-order valence-electron chi connectivity index (χ2n) is 7.90. The van der Waals surface area contributed by atoms with E-state index in [0.717, 1.165) is 27.8 Å². The normalized spacial score (nSPS) is 10.1. The van der Waals surface area contributed by atoms with Crippen LogP contribution in [0.4, 0.5) is 21.0 Å². The molecular formula is C29H25Cl5N2O2S2. The van der Waals surface area contributed by atoms with E-state index in [0.29, 0.717) is 42.2 Å². The van der Waals surface area contributed by atoms with Crippen molar-refractivity contribution >= 4 is 103 Å². The number of carbonyl (C=O) groups is 2. The number of nitrogens with one attached hydrogen (secondary N) is 2. The van der Waals surface area contributed by atoms with Gasteiger partial charge in [-0.15, -0.1) is 0 Å². The van der Waals surface area contributed by atoms with E-state index >= 15 is 0 Å². The van der Waals surface area contributed by atoms with Gasteiger partial charge in [-0.25, -0.2) is 0 Å². The molecule has 0 radical (unpaired) electrons. The third-order valence-corrected chi connectivity index (χ3v) is 7.84. The molecule has 4 aromatic carbocycles. The molecule has 0 aliphatic heterocycles. The van der Waals surface area contributed by atoms with Crippen molar-refractivity contribution in [1.82, 2.24) is 0 Å². The molecule has 0 aromatic heterocycles. The minimum absolute atomic E-state index is 0. The van der Waals surface area contributed by atoms with Gasteiger partial charge in [0.15, 0.2) is 0 Å². The molecule has 0 atom stereocenters. The van der Waals surface area contributed by atoms with Crippen LogP contribution in [0.5, 0.6) is 0 Å². The van der Waals surface area contributed by atoms with Gasteiger partial charge in [0.2, 0.25) is 0 Å². The highest BCUT2D eigenvalue weighted by molar-refractivity contribution is 8.14. The van der Waals surface area contributed by atoms with E-state index in [9.17, 15) is 9.59 Å². The molecule has 0 heterocycles. The van der Waals surface area contributed by atoms with E-state index in [1.54, 1.807) is 48.5 Å². The van der Waals surface area contributed by atoms with Crippen molar-refractivity contribution in [2.75, 3.05) is 10.6 Å². The summed E-state index contributed by atoms with van der Waals surface area (Å²) >= 11 is 31.7. The van der Waals surface area contributed by atoms with E-state index < -0.39 is 0 Å². The Morgan fingerprint density at radius 2 is 1.15 bits per heavy atom. The lowest BCUT2D eigenvalue weighted by atomic mass is 10.2. The number of hydrogen-bond donors (Lipinski definition) is 2. The predicted octanol–water partition coefficient (Wildman–Crippen LogP) is 12.4. The maximum Gasteiger partial charge on any atom is 0.288 e. The molecule has 0 aliphatic rings. The highest BCUT2D eigenvalue weighted by Crippen LogP contribution is 2.28. The van der Waals surface area contributed by atoms with Crippen molar-refractivity contribution in [3.05, 3.63) is 121 Å². The van der Waals surface area contributed by atoms with Crippen molar-refractivity contribution in [1.29, 1.82) is 0 Å². The van der Waals surface area contributed by atoms with Crippen molar-refractivity contribution < 1.29 is 9.59 Å². The van der Waals surface area contributed by atoms with Crippen molar-refractivity contribution in [2.45, 2.75) is 25.0 Å². The number of rotatable bonds is 5. The molecule has 2 N–H and O–H groups in total. The Bertz CT molecular complexity index is 1440. The van der Waals surface area contributed by atoms with Gasteiger partial charge in [0, 0.05) is 25.7 Å². The van der Waals surface area contributed by atoms with Crippen molar-refractivity contribution in [3.63, 3.8) is 0 Å². The second kappa shape index (κ2) is 17.0. The zero-order valence-corrected chi connectivity index (χ0v) is 25.7. The summed E-state index contributed by atoms with van der Waals surface area (Å²) in [7, 11) is 0. The molecule has 0 unspecified atom stereocenters. The number of aryl methyl sites for hydroxylation is 1. The summed E-state index contributed by atoms with van der Waals surface area (Å²) in [5.41, 5.74) is 3.26. The number of benzene rings is 4. The molecule has 0 spiro atoms. The van der Waals surface area contributed by atoms with E-state index in [1.807, 2.05) is 43.3 Å². The summed E-state index contributed by atoms with van der Waals surface area (Å²) in [6, 6.07) is 24.9. The summed E-state index contributed by atoms with van der Waals surface area (Å²) in [5.74, 6) is 0.590. The maximum atomic E-state index is 11.9. The van der Waals surface area contributed by atoms with Gasteiger partial charge in [-0.1, -0.05) is 95.4 Å². The highest BCUT2D eigenvalue weighted by Gasteiger charge is 2.09. The predicted molar refractivity (Wildman–Crippen MR) is 177 cm³/mol. The average Bonchev–Trinajstić information content (AvgIpc) is 2.89. The molecule has 0 aliphatic carbocycles. The van der Waals surface area contributed by atoms with E-state index in [2.05, 4.69) is 10.6 Å². The lowest BCUT2D eigenvalue weighted by Crippen LogP contribution is -2.05. The molecule has 0 saturated carbocycles. The number of anilines is 2. The molecule has 4 aromatic rings. The van der Waals surface area contributed by atoms with Gasteiger partial charge < -0.3 is 10.6 Å². The molecule has 0 saturated heterocycles. The van der Waals surface area contributed by atoms with Crippen LogP contribution in [0.3, 0.4) is 0 Å². The van der Waals surface area contributed by atoms with Gasteiger partial charge in [-0.05, 0) is 96.5 Å². The van der Waals surface area contributed by atoms with Gasteiger partial charge >= 0.3 is 0 Å². The minimum Gasteiger partial charge on any atom is -0.315 e. The molecule has 4 rings (SSSR count). The lowest BCUT2D eigenvalue weighted by Gasteiger charge is -2.07. The van der Waals surface area contributed by atoms with E-state index in [1.165, 1.54) is 11.8 Å². The monoisotopic (exact) mass is 672 g/mol. The average molecular weight is 675 g/mol. The third-order valence-electron chi connectivity index (χ3n) is 4.84. The first-order chi connectivity index (χ1) is 18.6. The fraction of sp³-hybridized carbons (Fsp3) is 0.103. The first kappa shape index (κ1) is 34.2. The second-order valence-corrected chi connectivity index (χ2v) is 12.0. The molecule has 210 valence electrons. The maximum absolute atomic E-state index is 11.9. The van der Waals surface area contributed by atoms with E-state index in [-0.39, 0.29) is 17.9 Å². The molecule has 0 bridgehead atoms. The first-order valence-corrected chi connectivity index (χ1v) is 14.9. The molecule has 2 amide bonds. The van der Waals surface area contributed by atoms with Gasteiger partial charge in [-0.3, -0.25) is 9.59 Å². The van der Waals surface area contributed by atoms with Gasteiger partial charge in [0.05, 0.1) is 21.4 Å². The fourth-order valence-electron chi connectivity index (χ4n) is 2.93. The standard InChI is InChI=1S/C15H13Cl2NOS.C13H8Cl3NOS.CH4/c1-10-2-7-14(13(17)8-10)18-15(19)20-9-11-3-5-12(16)6-4-11;14-8-1-4-10(5-2-8)19-13(18)17-12-6-3-9(15)7-11(12)16;/h2-8H,9H2,1H3,(H,18,19);1-7H,(H,17,18);1H4. The summed E-state index contributed by atoms with van der Waals surface area (Å²) in [6.45, 7) is 1.95. The summed E-state index contributed by atoms with van der Waals surface area (Å²) in [5, 5.41) is 7.91. The molecule has 40 heavy (non-hydrogen) atoms. The largest absolute Gasteiger partial charge is 0.315 e. The Morgan fingerprint density at radius 1 is 0.650 bits per heavy atom. The van der Waals surface area contributed by atoms with Gasteiger partial charge in [0.1, 0.15) is 0 Å². The SMILES string of the molecule is C.Cc1ccc(NC(=O)SCc2ccc(Cl)cc2)c(Cl)c1.O=C(Nc1ccc(Cl)cc1Cl)Sc1ccc(Cl)cc1. The summed E-state index contributed by atoms with van der Waals surface area (Å²) in [6.07, 6.45) is 0. The topological polar surface area (TPSA) is 58.2 Å². The van der Waals surface area contributed by atoms with Gasteiger partial charge in [0.25, 0.3) is 10.5 Å². The Balaban J connectivity index is 0.000000274. The van der Waals surface area contributed by atoms with Crippen LogP contribution in [0.15, 0.2) is 89.8 Å². The van der Waals surface area contributed by atoms with Crippen LogP contribution in [0.1, 0.15) is 18.6 Å². The Kier molecular flexibility index (Phi) is 14.6. The smallest absolute Gasteiger partial charge is 0.288 e. The minimum atomic E-state index is -0.230. The molecule has 11 heteroatoms. The van der Waals surface area contributed by atoms with Gasteiger partial charge in [-0.2, -0.15) is 0 Å². The van der Waals surface area contributed by atoms with Crippen LogP contribution in [-0.2, 0) is 5.75 Å². The number of thioether (sulfide) groups is 2. The van der Waals surface area contributed by atoms with Crippen molar-refractivity contribution in [2.24, 2.45) is 0 Å².